The molecule has 198 valence electrons. The fourth-order valence-electron chi connectivity index (χ4n) is 5.12. The minimum atomic E-state index is -0.871. The molecular formula is C32H26N4O4. The van der Waals surface area contributed by atoms with Gasteiger partial charge >= 0.3 is 0 Å². The standard InChI is InChI=1S/C32H26N4O4/c1-20-9-8-16-35-21(2)27(34-31(20)35)29(37)26-28(36(32(39)30(26)38)19-22-10-7-15-33-18-22)23-11-6-14-25(17-23)40-24-12-4-3-5-13-24/h3-18,28,37H,19H2,1-2H3. The molecule has 0 aliphatic carbocycles. The number of pyridine rings is 2. The number of nitrogens with zero attached hydrogens (tertiary/aromatic N) is 4. The zero-order chi connectivity index (χ0) is 27.8. The van der Waals surface area contributed by atoms with E-state index in [4.69, 9.17) is 4.74 Å². The van der Waals surface area contributed by atoms with Gasteiger partial charge in [0, 0.05) is 25.1 Å². The number of hydrogen-bond donors (Lipinski definition) is 1. The Morgan fingerprint density at radius 2 is 1.75 bits per heavy atom. The lowest BCUT2D eigenvalue weighted by atomic mass is 9.96. The van der Waals surface area contributed by atoms with E-state index in [2.05, 4.69) is 9.97 Å². The lowest BCUT2D eigenvalue weighted by Crippen LogP contribution is -2.29. The van der Waals surface area contributed by atoms with Crippen LogP contribution in [0.3, 0.4) is 0 Å². The van der Waals surface area contributed by atoms with E-state index in [1.807, 2.05) is 79.0 Å². The second kappa shape index (κ2) is 10.1. The molecule has 6 rings (SSSR count). The molecule has 0 saturated carbocycles. The number of aromatic nitrogens is 3. The lowest BCUT2D eigenvalue weighted by Gasteiger charge is -2.25. The van der Waals surface area contributed by atoms with Crippen molar-refractivity contribution in [3.63, 3.8) is 0 Å². The molecule has 1 N–H and O–H groups in total. The van der Waals surface area contributed by atoms with Gasteiger partial charge in [-0.05, 0) is 66.9 Å². The van der Waals surface area contributed by atoms with E-state index < -0.39 is 17.7 Å². The van der Waals surface area contributed by atoms with Gasteiger partial charge in [-0.2, -0.15) is 0 Å². The van der Waals surface area contributed by atoms with E-state index in [-0.39, 0.29) is 23.6 Å². The highest BCUT2D eigenvalue weighted by Gasteiger charge is 2.46. The van der Waals surface area contributed by atoms with Crippen LogP contribution in [0.4, 0.5) is 0 Å². The normalized spacial score (nSPS) is 16.6. The fourth-order valence-corrected chi connectivity index (χ4v) is 5.12. The van der Waals surface area contributed by atoms with Crippen LogP contribution in [-0.2, 0) is 16.1 Å². The van der Waals surface area contributed by atoms with Crippen molar-refractivity contribution in [1.82, 2.24) is 19.3 Å². The third-order valence-electron chi connectivity index (χ3n) is 7.08. The molecule has 0 radical (unpaired) electrons. The maximum absolute atomic E-state index is 13.6. The lowest BCUT2D eigenvalue weighted by molar-refractivity contribution is -0.140. The van der Waals surface area contributed by atoms with E-state index in [1.165, 1.54) is 4.90 Å². The zero-order valence-corrected chi connectivity index (χ0v) is 22.0. The summed E-state index contributed by atoms with van der Waals surface area (Å²) in [5, 5.41) is 11.7. The number of para-hydroxylation sites is 1. The smallest absolute Gasteiger partial charge is 0.295 e. The van der Waals surface area contributed by atoms with Crippen LogP contribution in [0.1, 0.15) is 34.1 Å². The first-order valence-electron chi connectivity index (χ1n) is 12.9. The first kappa shape index (κ1) is 25.1. The van der Waals surface area contributed by atoms with E-state index in [1.54, 1.807) is 36.7 Å². The second-order valence-corrected chi connectivity index (χ2v) is 9.71. The molecule has 1 aliphatic rings. The number of fused-ring (bicyclic) bond motifs is 1. The molecule has 8 heteroatoms. The van der Waals surface area contributed by atoms with Crippen molar-refractivity contribution in [3.8, 4) is 11.5 Å². The summed E-state index contributed by atoms with van der Waals surface area (Å²) >= 11 is 0. The van der Waals surface area contributed by atoms with Gasteiger partial charge in [0.2, 0.25) is 0 Å². The van der Waals surface area contributed by atoms with Crippen molar-refractivity contribution in [3.05, 3.63) is 131 Å². The van der Waals surface area contributed by atoms with Crippen LogP contribution in [-0.4, -0.2) is 36.1 Å². The zero-order valence-electron chi connectivity index (χ0n) is 22.0. The molecule has 1 saturated heterocycles. The SMILES string of the molecule is Cc1cccn2c(C)c(C(O)=C3C(=O)C(=O)N(Cc4cccnc4)C3c3cccc(Oc4ccccc4)c3)nc12. The minimum Gasteiger partial charge on any atom is -0.505 e. The quantitative estimate of drug-likeness (QED) is 0.170. The number of aliphatic hydroxyl groups is 1. The fraction of sp³-hybridized carbons (Fsp3) is 0.125. The molecule has 1 atom stereocenters. The second-order valence-electron chi connectivity index (χ2n) is 9.71. The average molecular weight is 531 g/mol. The Bertz CT molecular complexity index is 1780. The van der Waals surface area contributed by atoms with E-state index in [9.17, 15) is 14.7 Å². The van der Waals surface area contributed by atoms with E-state index >= 15 is 0 Å². The number of amides is 1. The summed E-state index contributed by atoms with van der Waals surface area (Å²) in [4.78, 5) is 37.3. The summed E-state index contributed by atoms with van der Waals surface area (Å²) < 4.78 is 7.91. The molecule has 0 spiro atoms. The average Bonchev–Trinajstić information content (AvgIpc) is 3.44. The number of Topliss-reactive ketones (excluding diaryl/α,β-unsaturated/α-hetero) is 1. The summed E-state index contributed by atoms with van der Waals surface area (Å²) in [7, 11) is 0. The highest BCUT2D eigenvalue weighted by atomic mass is 16.5. The van der Waals surface area contributed by atoms with Crippen LogP contribution in [0.2, 0.25) is 0 Å². The van der Waals surface area contributed by atoms with E-state index in [0.29, 0.717) is 28.4 Å². The summed E-state index contributed by atoms with van der Waals surface area (Å²) in [5.74, 6) is -0.599. The number of aryl methyl sites for hydroxylation is 2. The van der Waals surface area contributed by atoms with Crippen molar-refractivity contribution >= 4 is 23.1 Å². The highest BCUT2D eigenvalue weighted by Crippen LogP contribution is 2.41. The van der Waals surface area contributed by atoms with Crippen LogP contribution >= 0.6 is 0 Å². The number of benzene rings is 2. The Hall–Kier alpha value is -5.24. The van der Waals surface area contributed by atoms with Crippen LogP contribution in [0.15, 0.2) is 103 Å². The largest absolute Gasteiger partial charge is 0.505 e. The number of carbonyl (C=O) groups is 2. The van der Waals surface area contributed by atoms with Gasteiger partial charge in [-0.25, -0.2) is 4.98 Å². The maximum Gasteiger partial charge on any atom is 0.295 e. The van der Waals surface area contributed by atoms with Gasteiger partial charge in [-0.15, -0.1) is 0 Å². The van der Waals surface area contributed by atoms with Crippen LogP contribution < -0.4 is 4.74 Å². The maximum atomic E-state index is 13.6. The predicted octanol–water partition coefficient (Wildman–Crippen LogP) is 5.76. The molecule has 3 aromatic heterocycles. The van der Waals surface area contributed by atoms with Crippen molar-refractivity contribution in [2.45, 2.75) is 26.4 Å². The molecule has 2 aromatic carbocycles. The number of hydrogen-bond acceptors (Lipinski definition) is 6. The van der Waals surface area contributed by atoms with Gasteiger partial charge < -0.3 is 19.1 Å². The molecule has 0 bridgehead atoms. The van der Waals surface area contributed by atoms with Crippen molar-refractivity contribution in [1.29, 1.82) is 0 Å². The Balaban J connectivity index is 1.51. The Kier molecular flexibility index (Phi) is 6.36. The van der Waals surface area contributed by atoms with Crippen molar-refractivity contribution < 1.29 is 19.4 Å². The summed E-state index contributed by atoms with van der Waals surface area (Å²) in [5.41, 5.74) is 3.87. The topological polar surface area (TPSA) is 97.0 Å². The van der Waals surface area contributed by atoms with E-state index in [0.717, 1.165) is 11.1 Å². The molecule has 1 fully saturated rings. The monoisotopic (exact) mass is 530 g/mol. The number of rotatable bonds is 6. The van der Waals surface area contributed by atoms with Gasteiger partial charge in [-0.3, -0.25) is 14.6 Å². The number of ether oxygens (including phenoxy) is 1. The highest BCUT2D eigenvalue weighted by molar-refractivity contribution is 6.46. The molecule has 4 heterocycles. The van der Waals surface area contributed by atoms with Crippen LogP contribution in [0, 0.1) is 13.8 Å². The van der Waals surface area contributed by atoms with Crippen LogP contribution in [0.5, 0.6) is 11.5 Å². The van der Waals surface area contributed by atoms with Gasteiger partial charge in [0.1, 0.15) is 22.8 Å². The van der Waals surface area contributed by atoms with Gasteiger partial charge in [0.15, 0.2) is 5.76 Å². The van der Waals surface area contributed by atoms with Gasteiger partial charge in [0.25, 0.3) is 11.7 Å². The molecule has 1 aliphatic heterocycles. The van der Waals surface area contributed by atoms with Gasteiger partial charge in [-0.1, -0.05) is 42.5 Å². The summed E-state index contributed by atoms with van der Waals surface area (Å²) in [6.07, 6.45) is 5.15. The molecule has 40 heavy (non-hydrogen) atoms. The first-order valence-corrected chi connectivity index (χ1v) is 12.9. The van der Waals surface area contributed by atoms with Crippen molar-refractivity contribution in [2.75, 3.05) is 0 Å². The molecule has 1 unspecified atom stereocenters. The molecular weight excluding hydrogens is 504 g/mol. The molecule has 1 amide bonds. The van der Waals surface area contributed by atoms with Crippen molar-refractivity contribution in [2.24, 2.45) is 0 Å². The number of likely N-dealkylation sites (tertiary alicyclic amines) is 1. The van der Waals surface area contributed by atoms with Gasteiger partial charge in [0.05, 0.1) is 17.3 Å². The summed E-state index contributed by atoms with van der Waals surface area (Å²) in [6.45, 7) is 3.88. The Labute approximate surface area is 230 Å². The third-order valence-corrected chi connectivity index (χ3v) is 7.08. The Morgan fingerprint density at radius 1 is 0.950 bits per heavy atom. The third kappa shape index (κ3) is 4.39. The number of imidazole rings is 1. The number of ketones is 1. The van der Waals surface area contributed by atoms with Crippen LogP contribution in [0.25, 0.3) is 11.4 Å². The number of carbonyl (C=O) groups excluding carboxylic acids is 2. The Morgan fingerprint density at radius 3 is 2.50 bits per heavy atom. The molecule has 8 nitrogen and oxygen atoms in total. The number of aliphatic hydroxyl groups excluding tert-OH is 1. The summed E-state index contributed by atoms with van der Waals surface area (Å²) in [6, 6.07) is 23.1. The first-order chi connectivity index (χ1) is 19.4. The molecule has 5 aromatic rings. The minimum absolute atomic E-state index is 0.0186. The predicted molar refractivity (Wildman–Crippen MR) is 150 cm³/mol.